The molecule has 0 radical (unpaired) electrons. The molecule has 0 aliphatic rings. The molecule has 0 saturated carbocycles. The lowest BCUT2D eigenvalue weighted by Gasteiger charge is -2.26. The van der Waals surface area contributed by atoms with Gasteiger partial charge in [-0.3, -0.25) is 4.79 Å². The van der Waals surface area contributed by atoms with Crippen molar-refractivity contribution in [3.63, 3.8) is 0 Å². The van der Waals surface area contributed by atoms with Crippen LogP contribution in [0.4, 0.5) is 5.82 Å². The van der Waals surface area contributed by atoms with Crippen molar-refractivity contribution in [3.05, 3.63) is 47.5 Å². The highest BCUT2D eigenvalue weighted by molar-refractivity contribution is 5.94. The Labute approximate surface area is 131 Å². The van der Waals surface area contributed by atoms with Crippen LogP contribution < -0.4 is 4.90 Å². The summed E-state index contributed by atoms with van der Waals surface area (Å²) in [7, 11) is 3.84. The van der Waals surface area contributed by atoms with E-state index in [2.05, 4.69) is 4.98 Å². The smallest absolute Gasteiger partial charge is 0.256 e. The third-order valence-corrected chi connectivity index (χ3v) is 3.46. The first kappa shape index (κ1) is 16.1. The number of aromatic nitrogens is 1. The van der Waals surface area contributed by atoms with E-state index in [0.29, 0.717) is 12.1 Å². The second-order valence-electron chi connectivity index (χ2n) is 5.84. The second kappa shape index (κ2) is 6.64. The summed E-state index contributed by atoms with van der Waals surface area (Å²) in [6, 6.07) is 7.55. The molecule has 2 rings (SSSR count). The van der Waals surface area contributed by atoms with Crippen molar-refractivity contribution >= 4 is 11.7 Å². The van der Waals surface area contributed by atoms with E-state index >= 15 is 0 Å². The topological polar surface area (TPSA) is 49.6 Å². The van der Waals surface area contributed by atoms with Crippen LogP contribution in [0.5, 0.6) is 0 Å². The van der Waals surface area contributed by atoms with Gasteiger partial charge in [0.25, 0.3) is 5.91 Å². The summed E-state index contributed by atoms with van der Waals surface area (Å²) in [5.74, 6) is 2.43. The largest absolute Gasteiger partial charge is 0.464 e. The molecular formula is C17H23N3O2. The molecule has 0 bridgehead atoms. The summed E-state index contributed by atoms with van der Waals surface area (Å²) < 4.78 is 5.58. The Morgan fingerprint density at radius 1 is 1.23 bits per heavy atom. The number of anilines is 1. The first-order chi connectivity index (χ1) is 10.4. The molecule has 0 N–H and O–H groups in total. The number of aryl methyl sites for hydroxylation is 1. The Hall–Kier alpha value is -2.30. The molecular weight excluding hydrogens is 278 g/mol. The number of amides is 1. The summed E-state index contributed by atoms with van der Waals surface area (Å²) >= 11 is 0. The first-order valence-corrected chi connectivity index (χ1v) is 7.38. The molecule has 118 valence electrons. The van der Waals surface area contributed by atoms with Crippen molar-refractivity contribution in [1.82, 2.24) is 9.88 Å². The quantitative estimate of drug-likeness (QED) is 0.851. The molecule has 0 fully saturated rings. The summed E-state index contributed by atoms with van der Waals surface area (Å²) in [6.45, 7) is 6.35. The van der Waals surface area contributed by atoms with Crippen molar-refractivity contribution in [2.75, 3.05) is 19.0 Å². The van der Waals surface area contributed by atoms with Crippen LogP contribution in [0.1, 0.15) is 35.7 Å². The number of hydrogen-bond donors (Lipinski definition) is 0. The number of carbonyl (C=O) groups excluding carboxylic acids is 1. The van der Waals surface area contributed by atoms with Crippen LogP contribution in [0, 0.1) is 6.92 Å². The zero-order valence-corrected chi connectivity index (χ0v) is 13.8. The van der Waals surface area contributed by atoms with Crippen molar-refractivity contribution in [3.8, 4) is 0 Å². The van der Waals surface area contributed by atoms with Gasteiger partial charge < -0.3 is 14.2 Å². The summed E-state index contributed by atoms with van der Waals surface area (Å²) in [5.41, 5.74) is 0.586. The minimum absolute atomic E-state index is 0.0399. The average Bonchev–Trinajstić information content (AvgIpc) is 2.89. The zero-order chi connectivity index (χ0) is 16.3. The van der Waals surface area contributed by atoms with E-state index in [1.165, 1.54) is 0 Å². The molecule has 0 aromatic carbocycles. The predicted molar refractivity (Wildman–Crippen MR) is 87.0 cm³/mol. The molecule has 5 nitrogen and oxygen atoms in total. The van der Waals surface area contributed by atoms with Crippen LogP contribution in [0.25, 0.3) is 0 Å². The highest BCUT2D eigenvalue weighted by Crippen LogP contribution is 2.16. The highest BCUT2D eigenvalue weighted by atomic mass is 16.3. The van der Waals surface area contributed by atoms with E-state index < -0.39 is 0 Å². The van der Waals surface area contributed by atoms with Gasteiger partial charge in [-0.25, -0.2) is 4.98 Å². The molecule has 0 saturated heterocycles. The van der Waals surface area contributed by atoms with E-state index in [-0.39, 0.29) is 11.9 Å². The fourth-order valence-electron chi connectivity index (χ4n) is 2.17. The molecule has 1 amide bonds. The number of carbonyl (C=O) groups is 1. The molecule has 2 heterocycles. The fraction of sp³-hybridized carbons (Fsp3) is 0.412. The maximum absolute atomic E-state index is 12.7. The van der Waals surface area contributed by atoms with Gasteiger partial charge in [-0.05, 0) is 45.0 Å². The van der Waals surface area contributed by atoms with Gasteiger partial charge in [-0.2, -0.15) is 0 Å². The van der Waals surface area contributed by atoms with Crippen LogP contribution in [0.15, 0.2) is 34.9 Å². The van der Waals surface area contributed by atoms with Gasteiger partial charge in [0.2, 0.25) is 0 Å². The Morgan fingerprint density at radius 2 is 1.95 bits per heavy atom. The Balaban J connectivity index is 2.18. The number of rotatable bonds is 5. The standard InChI is InChI=1S/C17H23N3O2/c1-12(2)20(11-15-8-6-13(3)22-15)17(21)14-7-9-16(18-10-14)19(4)5/h6-10,12H,11H2,1-5H3. The maximum Gasteiger partial charge on any atom is 0.256 e. The normalized spacial score (nSPS) is 10.8. The van der Waals surface area contributed by atoms with Gasteiger partial charge in [0.15, 0.2) is 0 Å². The van der Waals surface area contributed by atoms with Crippen LogP contribution in [0.2, 0.25) is 0 Å². The third-order valence-electron chi connectivity index (χ3n) is 3.46. The van der Waals surface area contributed by atoms with Crippen molar-refractivity contribution in [2.45, 2.75) is 33.4 Å². The van der Waals surface area contributed by atoms with E-state index in [9.17, 15) is 4.79 Å². The van der Waals surface area contributed by atoms with Crippen LogP contribution in [0.3, 0.4) is 0 Å². The van der Waals surface area contributed by atoms with E-state index in [0.717, 1.165) is 17.3 Å². The van der Waals surface area contributed by atoms with Gasteiger partial charge in [-0.15, -0.1) is 0 Å². The van der Waals surface area contributed by atoms with Crippen LogP contribution >= 0.6 is 0 Å². The summed E-state index contributed by atoms with van der Waals surface area (Å²) in [5, 5.41) is 0. The molecule has 5 heteroatoms. The number of nitrogens with zero attached hydrogens (tertiary/aromatic N) is 3. The number of furan rings is 1. The number of hydrogen-bond acceptors (Lipinski definition) is 4. The lowest BCUT2D eigenvalue weighted by Crippen LogP contribution is -2.36. The SMILES string of the molecule is Cc1ccc(CN(C(=O)c2ccc(N(C)C)nc2)C(C)C)o1. The Bertz CT molecular complexity index is 630. The van der Waals surface area contributed by atoms with E-state index in [1.54, 1.807) is 11.1 Å². The molecule has 0 unspecified atom stereocenters. The van der Waals surface area contributed by atoms with Crippen LogP contribution in [-0.4, -0.2) is 35.9 Å². The van der Waals surface area contributed by atoms with Gasteiger partial charge >= 0.3 is 0 Å². The zero-order valence-electron chi connectivity index (χ0n) is 13.8. The summed E-state index contributed by atoms with van der Waals surface area (Å²) in [4.78, 5) is 20.7. The third kappa shape index (κ3) is 3.67. The fourth-order valence-corrected chi connectivity index (χ4v) is 2.17. The Kier molecular flexibility index (Phi) is 4.85. The van der Waals surface area contributed by atoms with Gasteiger partial charge in [0.05, 0.1) is 12.1 Å². The maximum atomic E-state index is 12.7. The Morgan fingerprint density at radius 3 is 2.41 bits per heavy atom. The molecule has 0 aliphatic heterocycles. The summed E-state index contributed by atoms with van der Waals surface area (Å²) in [6.07, 6.45) is 1.63. The lowest BCUT2D eigenvalue weighted by molar-refractivity contribution is 0.0675. The molecule has 0 spiro atoms. The lowest BCUT2D eigenvalue weighted by atomic mass is 10.2. The second-order valence-corrected chi connectivity index (χ2v) is 5.84. The van der Waals surface area contributed by atoms with Crippen molar-refractivity contribution in [1.29, 1.82) is 0 Å². The molecule has 2 aromatic heterocycles. The highest BCUT2D eigenvalue weighted by Gasteiger charge is 2.20. The minimum atomic E-state index is -0.0399. The van der Waals surface area contributed by atoms with E-state index in [1.807, 2.05) is 64.0 Å². The molecule has 0 atom stereocenters. The van der Waals surface area contributed by atoms with Crippen LogP contribution in [-0.2, 0) is 6.54 Å². The van der Waals surface area contributed by atoms with Crippen molar-refractivity contribution < 1.29 is 9.21 Å². The predicted octanol–water partition coefficient (Wildman–Crippen LogP) is 3.10. The van der Waals surface area contributed by atoms with Crippen molar-refractivity contribution in [2.24, 2.45) is 0 Å². The number of pyridine rings is 1. The minimum Gasteiger partial charge on any atom is -0.464 e. The molecule has 2 aromatic rings. The molecule has 22 heavy (non-hydrogen) atoms. The van der Waals surface area contributed by atoms with Gasteiger partial charge in [0.1, 0.15) is 17.3 Å². The first-order valence-electron chi connectivity index (χ1n) is 7.38. The monoisotopic (exact) mass is 301 g/mol. The van der Waals surface area contributed by atoms with E-state index in [4.69, 9.17) is 4.42 Å². The molecule has 0 aliphatic carbocycles. The van der Waals surface area contributed by atoms with Gasteiger partial charge in [-0.1, -0.05) is 0 Å². The van der Waals surface area contributed by atoms with Gasteiger partial charge in [0, 0.05) is 26.3 Å². The average molecular weight is 301 g/mol.